The lowest BCUT2D eigenvalue weighted by Crippen LogP contribution is -2.40. The fourth-order valence-electron chi connectivity index (χ4n) is 1.85. The highest BCUT2D eigenvalue weighted by Crippen LogP contribution is 2.25. The van der Waals surface area contributed by atoms with Gasteiger partial charge >= 0.3 is 0 Å². The maximum atomic E-state index is 11.5. The lowest BCUT2D eigenvalue weighted by atomic mass is 9.89. The summed E-state index contributed by atoms with van der Waals surface area (Å²) in [5.74, 6) is 1.05. The van der Waals surface area contributed by atoms with Crippen LogP contribution in [0.4, 0.5) is 0 Å². The second kappa shape index (κ2) is 4.45. The van der Waals surface area contributed by atoms with E-state index in [2.05, 4.69) is 20.4 Å². The summed E-state index contributed by atoms with van der Waals surface area (Å²) in [6, 6.07) is 0. The normalized spacial score (nSPS) is 25.2. The number of rotatable bonds is 3. The van der Waals surface area contributed by atoms with E-state index in [-0.39, 0.29) is 0 Å². The van der Waals surface area contributed by atoms with Crippen molar-refractivity contribution in [2.75, 3.05) is 13.1 Å². The van der Waals surface area contributed by atoms with E-state index >= 15 is 0 Å². The minimum absolute atomic E-state index is 0.499. The molecule has 14 heavy (non-hydrogen) atoms. The van der Waals surface area contributed by atoms with Crippen molar-refractivity contribution < 1.29 is 8.42 Å². The summed E-state index contributed by atoms with van der Waals surface area (Å²) >= 11 is 0. The Morgan fingerprint density at radius 1 is 1.50 bits per heavy atom. The molecule has 1 rings (SSSR count). The third-order valence-corrected chi connectivity index (χ3v) is 4.41. The molecule has 0 aromatic carbocycles. The zero-order chi connectivity index (χ0) is 10.8. The van der Waals surface area contributed by atoms with Gasteiger partial charge in [-0.25, -0.2) is 8.42 Å². The molecule has 3 nitrogen and oxygen atoms in total. The molecule has 1 aliphatic rings. The Morgan fingerprint density at radius 3 is 2.64 bits per heavy atom. The van der Waals surface area contributed by atoms with Crippen LogP contribution >= 0.6 is 0 Å². The smallest absolute Gasteiger partial charge is 0.208 e. The van der Waals surface area contributed by atoms with Gasteiger partial charge in [0.05, 0.1) is 0 Å². The molecule has 0 aromatic heterocycles. The summed E-state index contributed by atoms with van der Waals surface area (Å²) in [5, 5.41) is 1.05. The van der Waals surface area contributed by atoms with Crippen LogP contribution in [-0.4, -0.2) is 25.8 Å². The van der Waals surface area contributed by atoms with Crippen LogP contribution < -0.4 is 0 Å². The van der Waals surface area contributed by atoms with E-state index in [1.165, 1.54) is 0 Å². The molecule has 1 unspecified atom stereocenters. The van der Waals surface area contributed by atoms with Crippen LogP contribution in [0.2, 0.25) is 0 Å². The minimum Gasteiger partial charge on any atom is -0.208 e. The molecule has 82 valence electrons. The van der Waals surface area contributed by atoms with Gasteiger partial charge in [-0.05, 0) is 24.7 Å². The molecule has 1 aliphatic heterocycles. The van der Waals surface area contributed by atoms with Crippen molar-refractivity contribution in [3.63, 3.8) is 0 Å². The van der Waals surface area contributed by atoms with Gasteiger partial charge in [0.25, 0.3) is 0 Å². The van der Waals surface area contributed by atoms with E-state index in [9.17, 15) is 8.42 Å². The van der Waals surface area contributed by atoms with Crippen molar-refractivity contribution in [3.05, 3.63) is 12.0 Å². The Balaban J connectivity index is 2.70. The van der Waals surface area contributed by atoms with Gasteiger partial charge < -0.3 is 0 Å². The van der Waals surface area contributed by atoms with E-state index in [0.717, 1.165) is 18.2 Å². The summed E-state index contributed by atoms with van der Waals surface area (Å²) in [5.41, 5.74) is 0. The summed E-state index contributed by atoms with van der Waals surface area (Å²) in [6.07, 6.45) is 2.11. The molecular formula is C10H19NO2S. The molecule has 0 saturated carbocycles. The molecule has 0 aliphatic carbocycles. The standard InChI is InChI=1S/C10H19NO2S/c1-4-14(12,13)11-7-5-6-10(8-11)9(2)3/h4,9-10H,1,5-8H2,2-3H3. The van der Waals surface area contributed by atoms with Gasteiger partial charge in [0.1, 0.15) is 0 Å². The zero-order valence-electron chi connectivity index (χ0n) is 8.94. The molecular weight excluding hydrogens is 198 g/mol. The van der Waals surface area contributed by atoms with Gasteiger partial charge in [-0.1, -0.05) is 20.4 Å². The Kier molecular flexibility index (Phi) is 3.72. The van der Waals surface area contributed by atoms with E-state index in [4.69, 9.17) is 0 Å². The molecule has 0 amide bonds. The number of hydrogen-bond donors (Lipinski definition) is 0. The average Bonchev–Trinajstić information content (AvgIpc) is 2.18. The van der Waals surface area contributed by atoms with Crippen LogP contribution in [-0.2, 0) is 10.0 Å². The highest BCUT2D eigenvalue weighted by Gasteiger charge is 2.28. The molecule has 1 atom stereocenters. The molecule has 0 N–H and O–H groups in total. The van der Waals surface area contributed by atoms with Gasteiger partial charge in [0.2, 0.25) is 10.0 Å². The van der Waals surface area contributed by atoms with E-state index in [0.29, 0.717) is 24.9 Å². The quantitative estimate of drug-likeness (QED) is 0.723. The van der Waals surface area contributed by atoms with Crippen LogP contribution in [0.1, 0.15) is 26.7 Å². The van der Waals surface area contributed by atoms with Crippen molar-refractivity contribution >= 4 is 10.0 Å². The van der Waals surface area contributed by atoms with Crippen molar-refractivity contribution in [2.24, 2.45) is 11.8 Å². The largest absolute Gasteiger partial charge is 0.235 e. The van der Waals surface area contributed by atoms with E-state index < -0.39 is 10.0 Å². The fraction of sp³-hybridized carbons (Fsp3) is 0.800. The van der Waals surface area contributed by atoms with Gasteiger partial charge in [0.15, 0.2) is 0 Å². The Labute approximate surface area is 86.8 Å². The molecule has 4 heteroatoms. The summed E-state index contributed by atoms with van der Waals surface area (Å²) < 4.78 is 24.6. The monoisotopic (exact) mass is 217 g/mol. The zero-order valence-corrected chi connectivity index (χ0v) is 9.76. The van der Waals surface area contributed by atoms with E-state index in [1.807, 2.05) is 0 Å². The summed E-state index contributed by atoms with van der Waals surface area (Å²) in [6.45, 7) is 8.95. The van der Waals surface area contributed by atoms with Crippen LogP contribution in [0.5, 0.6) is 0 Å². The average molecular weight is 217 g/mol. The second-order valence-electron chi connectivity index (χ2n) is 4.22. The fourth-order valence-corrected chi connectivity index (χ4v) is 2.85. The van der Waals surface area contributed by atoms with Crippen molar-refractivity contribution in [1.82, 2.24) is 4.31 Å². The first-order chi connectivity index (χ1) is 6.47. The third-order valence-electron chi connectivity index (χ3n) is 2.93. The van der Waals surface area contributed by atoms with Gasteiger partial charge in [-0.2, -0.15) is 4.31 Å². The Morgan fingerprint density at radius 2 is 2.14 bits per heavy atom. The van der Waals surface area contributed by atoms with Crippen LogP contribution in [0.15, 0.2) is 12.0 Å². The molecule has 0 radical (unpaired) electrons. The van der Waals surface area contributed by atoms with Gasteiger partial charge in [-0.15, -0.1) is 0 Å². The topological polar surface area (TPSA) is 37.4 Å². The molecule has 0 bridgehead atoms. The van der Waals surface area contributed by atoms with Crippen LogP contribution in [0, 0.1) is 11.8 Å². The summed E-state index contributed by atoms with van der Waals surface area (Å²) in [7, 11) is -3.19. The predicted molar refractivity (Wildman–Crippen MR) is 58.3 cm³/mol. The SMILES string of the molecule is C=CS(=O)(=O)N1CCCC(C(C)C)C1. The number of hydrogen-bond acceptors (Lipinski definition) is 2. The molecule has 0 aromatic rings. The maximum Gasteiger partial charge on any atom is 0.235 e. The highest BCUT2D eigenvalue weighted by atomic mass is 32.2. The van der Waals surface area contributed by atoms with Gasteiger partial charge in [-0.3, -0.25) is 0 Å². The first-order valence-electron chi connectivity index (χ1n) is 5.10. The number of piperidine rings is 1. The lowest BCUT2D eigenvalue weighted by molar-refractivity contribution is 0.220. The third kappa shape index (κ3) is 2.58. The van der Waals surface area contributed by atoms with Crippen LogP contribution in [0.25, 0.3) is 0 Å². The minimum atomic E-state index is -3.19. The van der Waals surface area contributed by atoms with Crippen molar-refractivity contribution in [3.8, 4) is 0 Å². The molecule has 0 spiro atoms. The first-order valence-corrected chi connectivity index (χ1v) is 6.60. The number of nitrogens with zero attached hydrogens (tertiary/aromatic N) is 1. The second-order valence-corrected chi connectivity index (χ2v) is 6.10. The lowest BCUT2D eigenvalue weighted by Gasteiger charge is -2.33. The van der Waals surface area contributed by atoms with Crippen molar-refractivity contribution in [2.45, 2.75) is 26.7 Å². The summed E-state index contributed by atoms with van der Waals surface area (Å²) in [4.78, 5) is 0. The Bertz CT molecular complexity index is 295. The van der Waals surface area contributed by atoms with Crippen molar-refractivity contribution in [1.29, 1.82) is 0 Å². The van der Waals surface area contributed by atoms with E-state index in [1.54, 1.807) is 4.31 Å². The first kappa shape index (κ1) is 11.7. The Hall–Kier alpha value is -0.350. The maximum absolute atomic E-state index is 11.5. The molecule has 1 heterocycles. The van der Waals surface area contributed by atoms with Gasteiger partial charge in [0, 0.05) is 18.5 Å². The molecule has 1 saturated heterocycles. The predicted octanol–water partition coefficient (Wildman–Crippen LogP) is 1.83. The molecule has 1 fully saturated rings. The highest BCUT2D eigenvalue weighted by molar-refractivity contribution is 7.92. The number of sulfonamides is 1. The van der Waals surface area contributed by atoms with Crippen LogP contribution in [0.3, 0.4) is 0 Å².